The number of amides is 2. The zero-order valence-electron chi connectivity index (χ0n) is 18.8. The predicted molar refractivity (Wildman–Crippen MR) is 125 cm³/mol. The number of aromatic nitrogens is 2. The van der Waals surface area contributed by atoms with Gasteiger partial charge in [-0.1, -0.05) is 17.7 Å². The van der Waals surface area contributed by atoms with Crippen molar-refractivity contribution < 1.29 is 23.1 Å². The fourth-order valence-electron chi connectivity index (χ4n) is 4.42. The van der Waals surface area contributed by atoms with Crippen molar-refractivity contribution >= 4 is 34.4 Å². The Morgan fingerprint density at radius 3 is 2.63 bits per heavy atom. The molecule has 2 amide bonds. The molecule has 0 saturated carbocycles. The van der Waals surface area contributed by atoms with Gasteiger partial charge in [0.1, 0.15) is 29.0 Å². The first kappa shape index (κ1) is 23.7. The maximum atomic E-state index is 14.4. The second-order valence-corrected chi connectivity index (χ2v) is 9.23. The number of pyridine rings is 1. The fraction of sp³-hybridized carbons (Fsp3) is 0.375. The SMILES string of the molecule is O=C(N[C@@H](Cc1ccc(F)cc1F)C(=O)N1CCN(C2COC2)CC1)c1cc2cc(Cl)cnc2[nH]1. The molecule has 0 aliphatic carbocycles. The lowest BCUT2D eigenvalue weighted by molar-refractivity contribution is -0.137. The van der Waals surface area contributed by atoms with Gasteiger partial charge < -0.3 is 19.9 Å². The third kappa shape index (κ3) is 5.14. The average molecular weight is 504 g/mol. The molecule has 1 atom stereocenters. The van der Waals surface area contributed by atoms with E-state index in [4.69, 9.17) is 16.3 Å². The highest BCUT2D eigenvalue weighted by molar-refractivity contribution is 6.31. The van der Waals surface area contributed by atoms with Gasteiger partial charge in [0.2, 0.25) is 5.91 Å². The molecule has 35 heavy (non-hydrogen) atoms. The standard InChI is InChI=1S/C24H24ClF2N5O3/c25-16-7-15-9-20(29-22(15)28-11-16)23(33)30-21(8-14-1-2-17(26)10-19(14)27)24(34)32-5-3-31(4-6-32)18-12-35-13-18/h1-2,7,9-11,18,21H,3-6,8,12-13H2,(H,28,29)(H,30,33)/t21-/m0/s1. The minimum atomic E-state index is -1.04. The lowest BCUT2D eigenvalue weighted by Crippen LogP contribution is -2.60. The number of nitrogens with one attached hydrogen (secondary N) is 2. The Kier molecular flexibility index (Phi) is 6.68. The second-order valence-electron chi connectivity index (χ2n) is 8.79. The van der Waals surface area contributed by atoms with E-state index in [0.29, 0.717) is 61.5 Å². The number of piperazine rings is 1. The summed E-state index contributed by atoms with van der Waals surface area (Å²) in [5.74, 6) is -2.33. The quantitative estimate of drug-likeness (QED) is 0.539. The highest BCUT2D eigenvalue weighted by atomic mass is 35.5. The van der Waals surface area contributed by atoms with E-state index < -0.39 is 23.6 Å². The number of H-pyrrole nitrogens is 1. The number of halogens is 3. The van der Waals surface area contributed by atoms with Crippen molar-refractivity contribution in [1.29, 1.82) is 0 Å². The van der Waals surface area contributed by atoms with Crippen LogP contribution >= 0.6 is 11.6 Å². The van der Waals surface area contributed by atoms with Crippen LogP contribution in [0.4, 0.5) is 8.78 Å². The van der Waals surface area contributed by atoms with Gasteiger partial charge in [0.05, 0.1) is 24.3 Å². The first-order valence-corrected chi connectivity index (χ1v) is 11.7. The Balaban J connectivity index is 1.34. The third-order valence-corrected chi connectivity index (χ3v) is 6.69. The summed E-state index contributed by atoms with van der Waals surface area (Å²) < 4.78 is 33.1. The number of carbonyl (C=O) groups excluding carboxylic acids is 2. The average Bonchev–Trinajstić information content (AvgIpc) is 3.22. The minimum Gasteiger partial charge on any atom is -0.378 e. The molecule has 2 N–H and O–H groups in total. The van der Waals surface area contributed by atoms with E-state index in [9.17, 15) is 18.4 Å². The van der Waals surface area contributed by atoms with Crippen molar-refractivity contribution in [1.82, 2.24) is 25.1 Å². The van der Waals surface area contributed by atoms with Crippen LogP contribution in [0.5, 0.6) is 0 Å². The lowest BCUT2D eigenvalue weighted by atomic mass is 10.0. The molecule has 8 nitrogen and oxygen atoms in total. The van der Waals surface area contributed by atoms with Crippen LogP contribution in [-0.4, -0.2) is 83.1 Å². The largest absolute Gasteiger partial charge is 0.378 e. The van der Waals surface area contributed by atoms with Crippen molar-refractivity contribution in [2.75, 3.05) is 39.4 Å². The number of fused-ring (bicyclic) bond motifs is 1. The van der Waals surface area contributed by atoms with E-state index in [1.54, 1.807) is 17.0 Å². The molecule has 2 saturated heterocycles. The topological polar surface area (TPSA) is 90.6 Å². The zero-order valence-corrected chi connectivity index (χ0v) is 19.5. The zero-order chi connectivity index (χ0) is 24.5. The molecule has 0 spiro atoms. The smallest absolute Gasteiger partial charge is 0.268 e. The van der Waals surface area contributed by atoms with Crippen LogP contribution in [0.2, 0.25) is 5.02 Å². The summed E-state index contributed by atoms with van der Waals surface area (Å²) in [5.41, 5.74) is 0.811. The van der Waals surface area contributed by atoms with Gasteiger partial charge in [-0.25, -0.2) is 13.8 Å². The molecule has 11 heteroatoms. The summed E-state index contributed by atoms with van der Waals surface area (Å²) in [6, 6.07) is 5.79. The van der Waals surface area contributed by atoms with Crippen LogP contribution in [0.15, 0.2) is 36.5 Å². The van der Waals surface area contributed by atoms with Crippen molar-refractivity contribution in [3.63, 3.8) is 0 Å². The first-order valence-electron chi connectivity index (χ1n) is 11.4. The number of ether oxygens (including phenoxy) is 1. The predicted octanol–water partition coefficient (Wildman–Crippen LogP) is 2.38. The van der Waals surface area contributed by atoms with Crippen molar-refractivity contribution in [2.45, 2.75) is 18.5 Å². The van der Waals surface area contributed by atoms with E-state index in [0.717, 1.165) is 12.1 Å². The summed E-state index contributed by atoms with van der Waals surface area (Å²) in [4.78, 5) is 37.5. The maximum Gasteiger partial charge on any atom is 0.268 e. The maximum absolute atomic E-state index is 14.4. The Bertz CT molecular complexity index is 1260. The third-order valence-electron chi connectivity index (χ3n) is 6.49. The molecular formula is C24H24ClF2N5O3. The van der Waals surface area contributed by atoms with Crippen molar-refractivity contribution in [3.8, 4) is 0 Å². The monoisotopic (exact) mass is 503 g/mol. The molecule has 2 aliphatic heterocycles. The number of carbonyl (C=O) groups is 2. The molecule has 5 rings (SSSR count). The van der Waals surface area contributed by atoms with Crippen LogP contribution in [0, 0.1) is 11.6 Å². The first-order chi connectivity index (χ1) is 16.9. The molecule has 0 bridgehead atoms. The second kappa shape index (κ2) is 9.88. The number of aromatic amines is 1. The van der Waals surface area contributed by atoms with Crippen LogP contribution in [-0.2, 0) is 16.0 Å². The van der Waals surface area contributed by atoms with Crippen LogP contribution in [0.3, 0.4) is 0 Å². The summed E-state index contributed by atoms with van der Waals surface area (Å²) >= 11 is 5.98. The molecule has 0 unspecified atom stereocenters. The van der Waals surface area contributed by atoms with Gasteiger partial charge in [-0.05, 0) is 23.8 Å². The number of hydrogen-bond acceptors (Lipinski definition) is 5. The van der Waals surface area contributed by atoms with E-state index in [-0.39, 0.29) is 23.6 Å². The highest BCUT2D eigenvalue weighted by Crippen LogP contribution is 2.19. The molecule has 4 heterocycles. The number of rotatable bonds is 6. The molecule has 2 aromatic heterocycles. The highest BCUT2D eigenvalue weighted by Gasteiger charge is 2.33. The van der Waals surface area contributed by atoms with Gasteiger partial charge in [-0.3, -0.25) is 14.5 Å². The van der Waals surface area contributed by atoms with Crippen LogP contribution in [0.25, 0.3) is 11.0 Å². The van der Waals surface area contributed by atoms with Gasteiger partial charge in [-0.15, -0.1) is 0 Å². The Morgan fingerprint density at radius 1 is 1.17 bits per heavy atom. The Hall–Kier alpha value is -3.08. The minimum absolute atomic E-state index is 0.113. The van der Waals surface area contributed by atoms with E-state index in [1.807, 2.05) is 0 Å². The van der Waals surface area contributed by atoms with Crippen molar-refractivity contribution in [3.05, 3.63) is 64.4 Å². The molecular weight excluding hydrogens is 480 g/mol. The van der Waals surface area contributed by atoms with Crippen LogP contribution in [0.1, 0.15) is 16.1 Å². The fourth-order valence-corrected chi connectivity index (χ4v) is 4.58. The molecule has 0 radical (unpaired) electrons. The summed E-state index contributed by atoms with van der Waals surface area (Å²) in [6.45, 7) is 3.76. The van der Waals surface area contributed by atoms with Gasteiger partial charge in [0.15, 0.2) is 0 Å². The van der Waals surface area contributed by atoms with E-state index in [1.165, 1.54) is 12.3 Å². The Labute approximate surface area is 205 Å². The van der Waals surface area contributed by atoms with E-state index in [2.05, 4.69) is 20.2 Å². The molecule has 2 aliphatic rings. The summed E-state index contributed by atoms with van der Waals surface area (Å²) in [7, 11) is 0. The lowest BCUT2D eigenvalue weighted by Gasteiger charge is -2.43. The van der Waals surface area contributed by atoms with Crippen LogP contribution < -0.4 is 5.32 Å². The van der Waals surface area contributed by atoms with Crippen molar-refractivity contribution in [2.24, 2.45) is 0 Å². The summed E-state index contributed by atoms with van der Waals surface area (Å²) in [6.07, 6.45) is 1.35. The normalized spacial score (nSPS) is 17.9. The van der Waals surface area contributed by atoms with Gasteiger partial charge in [0.25, 0.3) is 5.91 Å². The number of hydrogen-bond donors (Lipinski definition) is 2. The summed E-state index contributed by atoms with van der Waals surface area (Å²) in [5, 5.41) is 3.81. The van der Waals surface area contributed by atoms with Gasteiger partial charge in [-0.2, -0.15) is 0 Å². The number of benzene rings is 1. The molecule has 3 aromatic rings. The molecule has 1 aromatic carbocycles. The Morgan fingerprint density at radius 2 is 1.94 bits per heavy atom. The van der Waals surface area contributed by atoms with Gasteiger partial charge in [0, 0.05) is 50.2 Å². The molecule has 184 valence electrons. The van der Waals surface area contributed by atoms with Gasteiger partial charge >= 0.3 is 0 Å². The number of nitrogens with zero attached hydrogens (tertiary/aromatic N) is 3. The molecule has 2 fully saturated rings. The van der Waals surface area contributed by atoms with E-state index >= 15 is 0 Å².